The predicted octanol–water partition coefficient (Wildman–Crippen LogP) is 1.30. The Morgan fingerprint density at radius 2 is 1.67 bits per heavy atom. The highest BCUT2D eigenvalue weighted by atomic mass is 35.5. The number of hydrogen-bond acceptors (Lipinski definition) is 5. The van der Waals surface area contributed by atoms with Gasteiger partial charge in [0.1, 0.15) is 0 Å². The summed E-state index contributed by atoms with van der Waals surface area (Å²) < 4.78 is 37.5. The van der Waals surface area contributed by atoms with Gasteiger partial charge in [0.2, 0.25) is 11.9 Å². The zero-order chi connectivity index (χ0) is 16.6. The monoisotopic (exact) mass is 365 g/mol. The number of aromatic nitrogens is 2. The fourth-order valence-electron chi connectivity index (χ4n) is 2.88. The van der Waals surface area contributed by atoms with Gasteiger partial charge in [-0.2, -0.15) is 13.2 Å². The lowest BCUT2D eigenvalue weighted by molar-refractivity contribution is -0.139. The van der Waals surface area contributed by atoms with Gasteiger partial charge in [-0.15, -0.1) is 12.4 Å². The standard InChI is InChI=1S/C14H18F3N5O.ClH/c15-14(16,17)10-7-19-13(20-8-10)22-3-1-21(2-4-22)12(23)9-5-11(18)6-9;/h7-9,11H,1-6,18H2;1H. The minimum absolute atomic E-state index is 0. The summed E-state index contributed by atoms with van der Waals surface area (Å²) >= 11 is 0. The number of anilines is 1. The van der Waals surface area contributed by atoms with Crippen LogP contribution in [-0.2, 0) is 11.0 Å². The summed E-state index contributed by atoms with van der Waals surface area (Å²) in [6, 6.07) is 0.130. The smallest absolute Gasteiger partial charge is 0.339 e. The summed E-state index contributed by atoms with van der Waals surface area (Å²) in [6.07, 6.45) is -1.39. The van der Waals surface area contributed by atoms with Crippen LogP contribution in [0, 0.1) is 5.92 Å². The molecule has 1 aromatic rings. The van der Waals surface area contributed by atoms with Crippen LogP contribution in [0.3, 0.4) is 0 Å². The second-order valence-corrected chi connectivity index (χ2v) is 6.01. The minimum Gasteiger partial charge on any atom is -0.339 e. The number of alkyl halides is 3. The van der Waals surface area contributed by atoms with Crippen LogP contribution in [0.15, 0.2) is 12.4 Å². The van der Waals surface area contributed by atoms with E-state index in [1.807, 2.05) is 0 Å². The zero-order valence-electron chi connectivity index (χ0n) is 12.9. The van der Waals surface area contributed by atoms with Crippen molar-refractivity contribution in [3.8, 4) is 0 Å². The van der Waals surface area contributed by atoms with Crippen molar-refractivity contribution >= 4 is 24.3 Å². The number of nitrogens with two attached hydrogens (primary N) is 1. The summed E-state index contributed by atoms with van der Waals surface area (Å²) in [5, 5.41) is 0. The normalized spacial score (nSPS) is 24.2. The Hall–Kier alpha value is -1.61. The number of carbonyl (C=O) groups excluding carboxylic acids is 1. The molecule has 1 saturated carbocycles. The average Bonchev–Trinajstić information content (AvgIpc) is 2.51. The molecule has 24 heavy (non-hydrogen) atoms. The first-order valence-corrected chi connectivity index (χ1v) is 7.53. The van der Waals surface area contributed by atoms with Crippen LogP contribution in [0.25, 0.3) is 0 Å². The lowest BCUT2D eigenvalue weighted by atomic mass is 9.80. The molecule has 1 aromatic heterocycles. The number of amides is 1. The van der Waals surface area contributed by atoms with Crippen LogP contribution in [0.4, 0.5) is 19.1 Å². The van der Waals surface area contributed by atoms with Crippen molar-refractivity contribution < 1.29 is 18.0 Å². The molecule has 10 heteroatoms. The van der Waals surface area contributed by atoms with E-state index < -0.39 is 11.7 Å². The van der Waals surface area contributed by atoms with Crippen molar-refractivity contribution in [1.82, 2.24) is 14.9 Å². The van der Waals surface area contributed by atoms with E-state index in [1.165, 1.54) is 0 Å². The lowest BCUT2D eigenvalue weighted by Crippen LogP contribution is -2.53. The Morgan fingerprint density at radius 3 is 2.12 bits per heavy atom. The van der Waals surface area contributed by atoms with Crippen molar-refractivity contribution in [2.45, 2.75) is 25.1 Å². The number of rotatable bonds is 2. The maximum absolute atomic E-state index is 12.5. The number of halogens is 4. The van der Waals surface area contributed by atoms with E-state index in [4.69, 9.17) is 5.73 Å². The van der Waals surface area contributed by atoms with Gasteiger partial charge in [0, 0.05) is 50.5 Å². The van der Waals surface area contributed by atoms with Gasteiger partial charge >= 0.3 is 6.18 Å². The molecular formula is C14H19ClF3N5O. The topological polar surface area (TPSA) is 75.4 Å². The molecule has 0 aromatic carbocycles. The predicted molar refractivity (Wildman–Crippen MR) is 83.8 cm³/mol. The maximum atomic E-state index is 12.5. The molecule has 1 amide bonds. The summed E-state index contributed by atoms with van der Waals surface area (Å²) in [4.78, 5) is 23.4. The molecule has 1 aliphatic carbocycles. The molecule has 3 rings (SSSR count). The third-order valence-electron chi connectivity index (χ3n) is 4.36. The van der Waals surface area contributed by atoms with E-state index in [0.717, 1.165) is 25.2 Å². The number of carbonyl (C=O) groups is 1. The van der Waals surface area contributed by atoms with Gasteiger partial charge < -0.3 is 15.5 Å². The quantitative estimate of drug-likeness (QED) is 0.855. The second-order valence-electron chi connectivity index (χ2n) is 6.01. The molecule has 0 bridgehead atoms. The Kier molecular flexibility index (Phi) is 5.54. The van der Waals surface area contributed by atoms with Gasteiger partial charge in [0.05, 0.1) is 5.56 Å². The van der Waals surface area contributed by atoms with Gasteiger partial charge in [-0.1, -0.05) is 0 Å². The van der Waals surface area contributed by atoms with Crippen LogP contribution in [0.5, 0.6) is 0 Å². The largest absolute Gasteiger partial charge is 0.419 e. The Morgan fingerprint density at radius 1 is 1.12 bits per heavy atom. The van der Waals surface area contributed by atoms with Crippen molar-refractivity contribution in [1.29, 1.82) is 0 Å². The lowest BCUT2D eigenvalue weighted by Gasteiger charge is -2.39. The first kappa shape index (κ1) is 18.7. The molecule has 0 unspecified atom stereocenters. The van der Waals surface area contributed by atoms with Crippen molar-refractivity contribution in [2.75, 3.05) is 31.1 Å². The molecule has 0 atom stereocenters. The first-order valence-electron chi connectivity index (χ1n) is 7.53. The highest BCUT2D eigenvalue weighted by Gasteiger charge is 2.36. The van der Waals surface area contributed by atoms with Crippen LogP contribution >= 0.6 is 12.4 Å². The molecule has 0 radical (unpaired) electrons. The molecule has 1 aliphatic heterocycles. The second kappa shape index (κ2) is 7.10. The molecule has 6 nitrogen and oxygen atoms in total. The van der Waals surface area contributed by atoms with Crippen LogP contribution in [-0.4, -0.2) is 53.0 Å². The summed E-state index contributed by atoms with van der Waals surface area (Å²) in [5.41, 5.74) is 4.84. The third-order valence-corrected chi connectivity index (χ3v) is 4.36. The average molecular weight is 366 g/mol. The van der Waals surface area contributed by atoms with E-state index in [1.54, 1.807) is 9.80 Å². The molecule has 2 N–H and O–H groups in total. The number of nitrogens with zero attached hydrogens (tertiary/aromatic N) is 4. The summed E-state index contributed by atoms with van der Waals surface area (Å²) in [7, 11) is 0. The van der Waals surface area contributed by atoms with Crippen molar-refractivity contribution in [3.63, 3.8) is 0 Å². The first-order chi connectivity index (χ1) is 10.8. The Bertz CT molecular complexity index is 569. The van der Waals surface area contributed by atoms with Gasteiger partial charge in [-0.05, 0) is 12.8 Å². The Balaban J connectivity index is 0.00000208. The molecule has 0 spiro atoms. The maximum Gasteiger partial charge on any atom is 0.419 e. The van der Waals surface area contributed by atoms with Crippen LogP contribution in [0.2, 0.25) is 0 Å². The molecule has 2 aliphatic rings. The molecule has 2 heterocycles. The van der Waals surface area contributed by atoms with E-state index >= 15 is 0 Å². The summed E-state index contributed by atoms with van der Waals surface area (Å²) in [5.74, 6) is 0.411. The molecular weight excluding hydrogens is 347 g/mol. The van der Waals surface area contributed by atoms with Crippen molar-refractivity contribution in [2.24, 2.45) is 11.7 Å². The van der Waals surface area contributed by atoms with Crippen LogP contribution < -0.4 is 10.6 Å². The Labute approximate surface area is 143 Å². The van der Waals surface area contributed by atoms with E-state index in [-0.39, 0.29) is 36.2 Å². The van der Waals surface area contributed by atoms with Crippen molar-refractivity contribution in [3.05, 3.63) is 18.0 Å². The van der Waals surface area contributed by atoms with Crippen LogP contribution in [0.1, 0.15) is 18.4 Å². The van der Waals surface area contributed by atoms with E-state index in [2.05, 4.69) is 9.97 Å². The fourth-order valence-corrected chi connectivity index (χ4v) is 2.88. The van der Waals surface area contributed by atoms with Gasteiger partial charge in [-0.25, -0.2) is 9.97 Å². The minimum atomic E-state index is -4.44. The summed E-state index contributed by atoms with van der Waals surface area (Å²) in [6.45, 7) is 2.07. The molecule has 2 fully saturated rings. The molecule has 1 saturated heterocycles. The highest BCUT2D eigenvalue weighted by molar-refractivity contribution is 5.85. The number of hydrogen-bond donors (Lipinski definition) is 1. The van der Waals surface area contributed by atoms with E-state index in [9.17, 15) is 18.0 Å². The van der Waals surface area contributed by atoms with Gasteiger partial charge in [-0.3, -0.25) is 4.79 Å². The SMILES string of the molecule is Cl.NC1CC(C(=O)N2CCN(c3ncc(C(F)(F)F)cn3)CC2)C1. The highest BCUT2D eigenvalue weighted by Crippen LogP contribution is 2.29. The van der Waals surface area contributed by atoms with Gasteiger partial charge in [0.25, 0.3) is 0 Å². The number of piperazine rings is 1. The van der Waals surface area contributed by atoms with Gasteiger partial charge in [0.15, 0.2) is 0 Å². The molecule has 134 valence electrons. The zero-order valence-corrected chi connectivity index (χ0v) is 13.7. The van der Waals surface area contributed by atoms with E-state index in [0.29, 0.717) is 26.2 Å². The fraction of sp³-hybridized carbons (Fsp3) is 0.643. The third kappa shape index (κ3) is 3.89.